The topological polar surface area (TPSA) is 72.9 Å². The van der Waals surface area contributed by atoms with E-state index in [1.165, 1.54) is 12.1 Å². The van der Waals surface area contributed by atoms with Crippen LogP contribution in [0.4, 0.5) is 10.1 Å². The predicted molar refractivity (Wildman–Crippen MR) is 122 cm³/mol. The van der Waals surface area contributed by atoms with E-state index >= 15 is 0 Å². The van der Waals surface area contributed by atoms with Crippen molar-refractivity contribution >= 4 is 47.4 Å². The van der Waals surface area contributed by atoms with E-state index in [2.05, 4.69) is 5.32 Å². The summed E-state index contributed by atoms with van der Waals surface area (Å²) in [6, 6.07) is 9.97. The number of aromatic nitrogens is 2. The SMILES string of the molecule is CC[C@H](N)C(=O)Nc1ccc(-c2nc3ccc(F)cc3n2C(C)C)cc1C.Cl.Cl. The van der Waals surface area contributed by atoms with E-state index in [1.54, 1.807) is 6.07 Å². The van der Waals surface area contributed by atoms with Crippen molar-refractivity contribution in [3.63, 3.8) is 0 Å². The molecule has 158 valence electrons. The zero-order valence-electron chi connectivity index (χ0n) is 16.9. The molecule has 0 fully saturated rings. The number of rotatable bonds is 5. The molecule has 0 aliphatic carbocycles. The van der Waals surface area contributed by atoms with Crippen molar-refractivity contribution in [2.75, 3.05) is 5.32 Å². The Morgan fingerprint density at radius 2 is 1.90 bits per heavy atom. The summed E-state index contributed by atoms with van der Waals surface area (Å²) in [5.74, 6) is 0.299. The number of anilines is 1. The molecule has 0 aliphatic heterocycles. The van der Waals surface area contributed by atoms with Gasteiger partial charge in [-0.1, -0.05) is 6.92 Å². The zero-order chi connectivity index (χ0) is 19.7. The highest BCUT2D eigenvalue weighted by molar-refractivity contribution is 5.95. The van der Waals surface area contributed by atoms with Crippen LogP contribution in [0.25, 0.3) is 22.4 Å². The Bertz CT molecular complexity index is 1000. The first kappa shape index (κ1) is 24.9. The number of carbonyl (C=O) groups excluding carboxylic acids is 1. The van der Waals surface area contributed by atoms with Gasteiger partial charge in [0.15, 0.2) is 0 Å². The van der Waals surface area contributed by atoms with E-state index in [1.807, 2.05) is 50.5 Å². The zero-order valence-corrected chi connectivity index (χ0v) is 18.5. The van der Waals surface area contributed by atoms with Crippen molar-refractivity contribution < 1.29 is 9.18 Å². The van der Waals surface area contributed by atoms with E-state index in [0.29, 0.717) is 6.42 Å². The van der Waals surface area contributed by atoms with Gasteiger partial charge in [0.2, 0.25) is 5.91 Å². The summed E-state index contributed by atoms with van der Waals surface area (Å²) in [4.78, 5) is 16.8. The minimum atomic E-state index is -0.524. The number of carbonyl (C=O) groups is 1. The molecular weight excluding hydrogens is 414 g/mol. The number of hydrogen-bond acceptors (Lipinski definition) is 3. The molecule has 0 bridgehead atoms. The molecule has 3 rings (SSSR count). The van der Waals surface area contributed by atoms with E-state index < -0.39 is 6.04 Å². The van der Waals surface area contributed by atoms with Crippen LogP contribution in [0.2, 0.25) is 0 Å². The van der Waals surface area contributed by atoms with Gasteiger partial charge in [-0.25, -0.2) is 9.37 Å². The third-order valence-electron chi connectivity index (χ3n) is 4.69. The number of amides is 1. The molecule has 1 aromatic heterocycles. The Balaban J connectivity index is 0.00000210. The van der Waals surface area contributed by atoms with Gasteiger partial charge in [-0.2, -0.15) is 0 Å². The second-order valence-electron chi connectivity index (χ2n) is 7.07. The van der Waals surface area contributed by atoms with Crippen LogP contribution < -0.4 is 11.1 Å². The fourth-order valence-electron chi connectivity index (χ4n) is 3.15. The van der Waals surface area contributed by atoms with Gasteiger partial charge in [0.1, 0.15) is 11.6 Å². The Morgan fingerprint density at radius 3 is 2.48 bits per heavy atom. The lowest BCUT2D eigenvalue weighted by atomic mass is 10.1. The summed E-state index contributed by atoms with van der Waals surface area (Å²) in [6.45, 7) is 7.89. The molecule has 0 aliphatic rings. The number of imidazole rings is 1. The van der Waals surface area contributed by atoms with Gasteiger partial charge in [-0.05, 0) is 69.2 Å². The summed E-state index contributed by atoms with van der Waals surface area (Å²) < 4.78 is 15.8. The molecule has 3 aromatic rings. The maximum atomic E-state index is 13.7. The van der Waals surface area contributed by atoms with Crippen molar-refractivity contribution in [2.24, 2.45) is 5.73 Å². The van der Waals surface area contributed by atoms with Crippen molar-refractivity contribution in [2.45, 2.75) is 46.2 Å². The van der Waals surface area contributed by atoms with Gasteiger partial charge >= 0.3 is 0 Å². The molecule has 29 heavy (non-hydrogen) atoms. The molecule has 5 nitrogen and oxygen atoms in total. The highest BCUT2D eigenvalue weighted by Gasteiger charge is 2.17. The van der Waals surface area contributed by atoms with Crippen molar-refractivity contribution in [1.82, 2.24) is 9.55 Å². The van der Waals surface area contributed by atoms with Crippen LogP contribution in [0.5, 0.6) is 0 Å². The van der Waals surface area contributed by atoms with Gasteiger partial charge in [-0.15, -0.1) is 24.8 Å². The molecule has 1 atom stereocenters. The summed E-state index contributed by atoms with van der Waals surface area (Å²) in [6.07, 6.45) is 0.581. The number of nitrogens with zero attached hydrogens (tertiary/aromatic N) is 2. The van der Waals surface area contributed by atoms with Crippen LogP contribution in [0.1, 0.15) is 38.8 Å². The molecule has 3 N–H and O–H groups in total. The highest BCUT2D eigenvalue weighted by Crippen LogP contribution is 2.31. The molecule has 2 aromatic carbocycles. The molecule has 0 saturated carbocycles. The van der Waals surface area contributed by atoms with Crippen LogP contribution in [-0.4, -0.2) is 21.5 Å². The second kappa shape index (κ2) is 10.1. The molecular formula is C21H27Cl2FN4O. The molecule has 0 spiro atoms. The number of fused-ring (bicyclic) bond motifs is 1. The normalized spacial score (nSPS) is 11.7. The standard InChI is InChI=1S/C21H25FN4O.2ClH/c1-5-16(23)21(27)25-17-8-6-14(10-13(17)4)20-24-18-9-7-15(22)11-19(18)26(20)12(2)3;;/h6-12,16H,5,23H2,1-4H3,(H,25,27);2*1H/t16-;;/m0../s1. The second-order valence-corrected chi connectivity index (χ2v) is 7.07. The number of benzene rings is 2. The van der Waals surface area contributed by atoms with Crippen LogP contribution in [0.15, 0.2) is 36.4 Å². The molecule has 0 unspecified atom stereocenters. The number of aryl methyl sites for hydroxylation is 1. The maximum absolute atomic E-state index is 13.7. The Morgan fingerprint density at radius 1 is 1.21 bits per heavy atom. The fraction of sp³-hybridized carbons (Fsp3) is 0.333. The minimum absolute atomic E-state index is 0. The monoisotopic (exact) mass is 440 g/mol. The molecule has 0 saturated heterocycles. The lowest BCUT2D eigenvalue weighted by Crippen LogP contribution is -2.34. The van der Waals surface area contributed by atoms with Crippen LogP contribution in [0.3, 0.4) is 0 Å². The number of halogens is 3. The smallest absolute Gasteiger partial charge is 0.241 e. The maximum Gasteiger partial charge on any atom is 0.241 e. The average Bonchev–Trinajstić information content (AvgIpc) is 3.01. The Kier molecular flexibility index (Phi) is 8.63. The van der Waals surface area contributed by atoms with Crippen LogP contribution in [-0.2, 0) is 4.79 Å². The number of hydrogen-bond donors (Lipinski definition) is 2. The quantitative estimate of drug-likeness (QED) is 0.568. The first-order valence-corrected chi connectivity index (χ1v) is 9.16. The Hall–Kier alpha value is -2.15. The van der Waals surface area contributed by atoms with Gasteiger partial charge in [0, 0.05) is 17.3 Å². The molecule has 1 heterocycles. The Labute approximate surface area is 182 Å². The summed E-state index contributed by atoms with van der Waals surface area (Å²) >= 11 is 0. The largest absolute Gasteiger partial charge is 0.324 e. The predicted octanol–water partition coefficient (Wildman–Crippen LogP) is 5.25. The third kappa shape index (κ3) is 5.07. The fourth-order valence-corrected chi connectivity index (χ4v) is 3.15. The van der Waals surface area contributed by atoms with Gasteiger partial charge in [0.25, 0.3) is 0 Å². The van der Waals surface area contributed by atoms with Crippen molar-refractivity contribution in [1.29, 1.82) is 0 Å². The van der Waals surface area contributed by atoms with E-state index in [9.17, 15) is 9.18 Å². The average molecular weight is 441 g/mol. The number of nitrogens with two attached hydrogens (primary N) is 1. The number of nitrogens with one attached hydrogen (secondary N) is 1. The van der Waals surface area contributed by atoms with Crippen LogP contribution in [0, 0.1) is 12.7 Å². The van der Waals surface area contributed by atoms with Crippen LogP contribution >= 0.6 is 24.8 Å². The van der Waals surface area contributed by atoms with E-state index in [0.717, 1.165) is 33.7 Å². The summed E-state index contributed by atoms with van der Waals surface area (Å²) in [5, 5.41) is 2.87. The highest BCUT2D eigenvalue weighted by atomic mass is 35.5. The molecule has 8 heteroatoms. The van der Waals surface area contributed by atoms with Gasteiger partial charge in [-0.3, -0.25) is 4.79 Å². The van der Waals surface area contributed by atoms with E-state index in [4.69, 9.17) is 10.7 Å². The molecule has 1 amide bonds. The first-order chi connectivity index (χ1) is 12.8. The first-order valence-electron chi connectivity index (χ1n) is 9.16. The third-order valence-corrected chi connectivity index (χ3v) is 4.69. The van der Waals surface area contributed by atoms with Crippen molar-refractivity contribution in [3.8, 4) is 11.4 Å². The van der Waals surface area contributed by atoms with E-state index in [-0.39, 0.29) is 42.6 Å². The minimum Gasteiger partial charge on any atom is -0.324 e. The van der Waals surface area contributed by atoms with Crippen molar-refractivity contribution in [3.05, 3.63) is 47.8 Å². The summed E-state index contributed by atoms with van der Waals surface area (Å²) in [7, 11) is 0. The lowest BCUT2D eigenvalue weighted by Gasteiger charge is -2.15. The molecule has 0 radical (unpaired) electrons. The lowest BCUT2D eigenvalue weighted by molar-refractivity contribution is -0.117. The van der Waals surface area contributed by atoms with Gasteiger partial charge in [0.05, 0.1) is 17.1 Å². The summed E-state index contributed by atoms with van der Waals surface area (Å²) in [5.41, 5.74) is 9.86. The van der Waals surface area contributed by atoms with Gasteiger partial charge < -0.3 is 15.6 Å².